The van der Waals surface area contributed by atoms with Crippen molar-refractivity contribution >= 4 is 12.0 Å². The number of carbonyl (C=O) groups excluding carboxylic acids is 2. The predicted octanol–water partition coefficient (Wildman–Crippen LogP) is 2.46. The summed E-state index contributed by atoms with van der Waals surface area (Å²) in [5, 5.41) is 5.57. The largest absolute Gasteiger partial charge is 0.462 e. The molecule has 5 heteroatoms. The molecule has 110 valence electrons. The van der Waals surface area contributed by atoms with Gasteiger partial charge in [-0.05, 0) is 45.4 Å². The second kappa shape index (κ2) is 6.93. The molecule has 0 aliphatic rings. The van der Waals surface area contributed by atoms with Gasteiger partial charge in [-0.1, -0.05) is 12.1 Å². The molecule has 2 N–H and O–H groups in total. The first-order valence-corrected chi connectivity index (χ1v) is 6.64. The number of hydrogen-bond donors (Lipinski definition) is 2. The number of urea groups is 1. The standard InChI is InChI=1S/C15H22N2O3/c1-5-20-13(18)12-8-6-11(7-9-12)10-16-14(19)17-15(2,3)4/h6-9H,5,10H2,1-4H3,(H2,16,17,19). The fourth-order valence-corrected chi connectivity index (χ4v) is 1.54. The van der Waals surface area contributed by atoms with E-state index < -0.39 is 0 Å². The number of esters is 1. The van der Waals surface area contributed by atoms with Crippen molar-refractivity contribution in [2.24, 2.45) is 0 Å². The predicted molar refractivity (Wildman–Crippen MR) is 77.5 cm³/mol. The SMILES string of the molecule is CCOC(=O)c1ccc(CNC(=O)NC(C)(C)C)cc1. The maximum absolute atomic E-state index is 11.6. The van der Waals surface area contributed by atoms with E-state index in [-0.39, 0.29) is 17.5 Å². The number of hydrogen-bond acceptors (Lipinski definition) is 3. The average molecular weight is 278 g/mol. The van der Waals surface area contributed by atoms with Crippen LogP contribution in [-0.4, -0.2) is 24.1 Å². The number of rotatable bonds is 4. The van der Waals surface area contributed by atoms with Crippen LogP contribution in [0.25, 0.3) is 0 Å². The third-order valence-corrected chi connectivity index (χ3v) is 2.41. The highest BCUT2D eigenvalue weighted by Crippen LogP contribution is 2.06. The maximum atomic E-state index is 11.6. The van der Waals surface area contributed by atoms with Crippen LogP contribution in [0.4, 0.5) is 4.79 Å². The van der Waals surface area contributed by atoms with Gasteiger partial charge in [-0.3, -0.25) is 0 Å². The molecule has 2 amide bonds. The molecule has 0 spiro atoms. The molecule has 1 aromatic carbocycles. The van der Waals surface area contributed by atoms with Crippen molar-refractivity contribution in [2.45, 2.75) is 39.8 Å². The summed E-state index contributed by atoms with van der Waals surface area (Å²) in [6, 6.07) is 6.76. The van der Waals surface area contributed by atoms with Crippen molar-refractivity contribution in [3.8, 4) is 0 Å². The third-order valence-electron chi connectivity index (χ3n) is 2.41. The minimum atomic E-state index is -0.336. The van der Waals surface area contributed by atoms with E-state index in [1.54, 1.807) is 31.2 Å². The molecule has 0 fully saturated rings. The Hall–Kier alpha value is -2.04. The number of benzene rings is 1. The van der Waals surface area contributed by atoms with Crippen LogP contribution >= 0.6 is 0 Å². The van der Waals surface area contributed by atoms with Gasteiger partial charge in [-0.15, -0.1) is 0 Å². The highest BCUT2D eigenvalue weighted by molar-refractivity contribution is 5.89. The molecule has 0 saturated carbocycles. The van der Waals surface area contributed by atoms with Crippen molar-refractivity contribution in [2.75, 3.05) is 6.61 Å². The Labute approximate surface area is 119 Å². The zero-order valence-electron chi connectivity index (χ0n) is 12.4. The van der Waals surface area contributed by atoms with Gasteiger partial charge in [-0.2, -0.15) is 0 Å². The van der Waals surface area contributed by atoms with Crippen LogP contribution < -0.4 is 10.6 Å². The van der Waals surface area contributed by atoms with Crippen LogP contribution in [0.3, 0.4) is 0 Å². The van der Waals surface area contributed by atoms with Gasteiger partial charge in [0, 0.05) is 12.1 Å². The quantitative estimate of drug-likeness (QED) is 0.831. The molecule has 0 aromatic heterocycles. The van der Waals surface area contributed by atoms with Crippen LogP contribution in [0.1, 0.15) is 43.6 Å². The molecule has 0 aliphatic heterocycles. The molecule has 1 rings (SSSR count). The molecule has 0 saturated heterocycles. The van der Waals surface area contributed by atoms with E-state index in [0.717, 1.165) is 5.56 Å². The van der Waals surface area contributed by atoms with Crippen LogP contribution in [0.15, 0.2) is 24.3 Å². The monoisotopic (exact) mass is 278 g/mol. The Balaban J connectivity index is 2.50. The number of ether oxygens (including phenoxy) is 1. The molecule has 0 unspecified atom stereocenters. The topological polar surface area (TPSA) is 67.4 Å². The summed E-state index contributed by atoms with van der Waals surface area (Å²) < 4.78 is 4.90. The maximum Gasteiger partial charge on any atom is 0.338 e. The van der Waals surface area contributed by atoms with E-state index in [1.807, 2.05) is 20.8 Å². The number of amides is 2. The summed E-state index contributed by atoms with van der Waals surface area (Å²) in [5.74, 6) is -0.336. The van der Waals surface area contributed by atoms with E-state index in [2.05, 4.69) is 10.6 Å². The van der Waals surface area contributed by atoms with Gasteiger partial charge in [0.15, 0.2) is 0 Å². The Kier molecular flexibility index (Phi) is 5.55. The normalized spacial score (nSPS) is 10.8. The first-order chi connectivity index (χ1) is 9.31. The van der Waals surface area contributed by atoms with Gasteiger partial charge < -0.3 is 15.4 Å². The molecule has 0 radical (unpaired) electrons. The van der Waals surface area contributed by atoms with Crippen molar-refractivity contribution < 1.29 is 14.3 Å². The van der Waals surface area contributed by atoms with E-state index in [0.29, 0.717) is 18.7 Å². The molecular weight excluding hydrogens is 256 g/mol. The fourth-order valence-electron chi connectivity index (χ4n) is 1.54. The molecule has 20 heavy (non-hydrogen) atoms. The highest BCUT2D eigenvalue weighted by Gasteiger charge is 2.13. The fraction of sp³-hybridized carbons (Fsp3) is 0.467. The van der Waals surface area contributed by atoms with E-state index >= 15 is 0 Å². The molecule has 0 atom stereocenters. The average Bonchev–Trinajstić information content (AvgIpc) is 2.35. The Morgan fingerprint density at radius 3 is 2.25 bits per heavy atom. The second-order valence-corrected chi connectivity index (χ2v) is 5.48. The lowest BCUT2D eigenvalue weighted by Crippen LogP contribution is -2.46. The van der Waals surface area contributed by atoms with Crippen LogP contribution in [-0.2, 0) is 11.3 Å². The van der Waals surface area contributed by atoms with E-state index in [9.17, 15) is 9.59 Å². The summed E-state index contributed by atoms with van der Waals surface area (Å²) in [6.07, 6.45) is 0. The van der Waals surface area contributed by atoms with Gasteiger partial charge >= 0.3 is 12.0 Å². The number of carbonyl (C=O) groups is 2. The van der Waals surface area contributed by atoms with Gasteiger partial charge in [0.1, 0.15) is 0 Å². The van der Waals surface area contributed by atoms with Gasteiger partial charge in [0.2, 0.25) is 0 Å². The van der Waals surface area contributed by atoms with Gasteiger partial charge in [-0.25, -0.2) is 9.59 Å². The van der Waals surface area contributed by atoms with E-state index in [4.69, 9.17) is 4.74 Å². The summed E-state index contributed by atoms with van der Waals surface area (Å²) in [7, 11) is 0. The zero-order chi connectivity index (χ0) is 15.2. The number of nitrogens with one attached hydrogen (secondary N) is 2. The van der Waals surface area contributed by atoms with E-state index in [1.165, 1.54) is 0 Å². The summed E-state index contributed by atoms with van der Waals surface area (Å²) in [6.45, 7) is 8.28. The van der Waals surface area contributed by atoms with Crippen molar-refractivity contribution in [3.05, 3.63) is 35.4 Å². The molecule has 1 aromatic rings. The molecule has 0 heterocycles. The van der Waals surface area contributed by atoms with Crippen LogP contribution in [0, 0.1) is 0 Å². The van der Waals surface area contributed by atoms with Crippen molar-refractivity contribution in [1.29, 1.82) is 0 Å². The Bertz CT molecular complexity index is 461. The molecule has 0 bridgehead atoms. The molecule has 0 aliphatic carbocycles. The lowest BCUT2D eigenvalue weighted by Gasteiger charge is -2.20. The molecule has 5 nitrogen and oxygen atoms in total. The molecular formula is C15H22N2O3. The minimum Gasteiger partial charge on any atom is -0.462 e. The highest BCUT2D eigenvalue weighted by atomic mass is 16.5. The second-order valence-electron chi connectivity index (χ2n) is 5.48. The summed E-state index contributed by atoms with van der Waals surface area (Å²) >= 11 is 0. The minimum absolute atomic E-state index is 0.216. The summed E-state index contributed by atoms with van der Waals surface area (Å²) in [4.78, 5) is 23.1. The first-order valence-electron chi connectivity index (χ1n) is 6.64. The Morgan fingerprint density at radius 2 is 1.75 bits per heavy atom. The first kappa shape index (κ1) is 16.0. The van der Waals surface area contributed by atoms with Gasteiger partial charge in [0.25, 0.3) is 0 Å². The van der Waals surface area contributed by atoms with Crippen molar-refractivity contribution in [1.82, 2.24) is 10.6 Å². The zero-order valence-corrected chi connectivity index (χ0v) is 12.4. The smallest absolute Gasteiger partial charge is 0.338 e. The van der Waals surface area contributed by atoms with Gasteiger partial charge in [0.05, 0.1) is 12.2 Å². The summed E-state index contributed by atoms with van der Waals surface area (Å²) in [5.41, 5.74) is 1.16. The lowest BCUT2D eigenvalue weighted by atomic mass is 10.1. The lowest BCUT2D eigenvalue weighted by molar-refractivity contribution is 0.0526. The van der Waals surface area contributed by atoms with Crippen LogP contribution in [0.5, 0.6) is 0 Å². The Morgan fingerprint density at radius 1 is 1.15 bits per heavy atom. The third kappa shape index (κ3) is 5.73. The van der Waals surface area contributed by atoms with Crippen LogP contribution in [0.2, 0.25) is 0 Å². The van der Waals surface area contributed by atoms with Crippen molar-refractivity contribution in [3.63, 3.8) is 0 Å².